The van der Waals surface area contributed by atoms with Crippen LogP contribution in [-0.2, 0) is 4.79 Å². The first kappa shape index (κ1) is 17.4. The van der Waals surface area contributed by atoms with Crippen molar-refractivity contribution in [1.82, 2.24) is 10.2 Å². The predicted molar refractivity (Wildman–Crippen MR) is 82.9 cm³/mol. The molecule has 1 N–H and O–H groups in total. The minimum Gasteiger partial charge on any atom is -0.352 e. The molecule has 1 fully saturated rings. The van der Waals surface area contributed by atoms with Crippen molar-refractivity contribution in [2.75, 3.05) is 6.54 Å². The van der Waals surface area contributed by atoms with Crippen molar-refractivity contribution in [3.05, 3.63) is 35.4 Å². The fraction of sp³-hybridized carbons (Fsp3) is 0.529. The fourth-order valence-electron chi connectivity index (χ4n) is 2.61. The lowest BCUT2D eigenvalue weighted by atomic mass is 10.2. The average molecular weight is 324 g/mol. The maximum atomic E-state index is 13.5. The molecule has 1 aromatic rings. The van der Waals surface area contributed by atoms with Gasteiger partial charge in [0, 0.05) is 31.1 Å². The summed E-state index contributed by atoms with van der Waals surface area (Å²) in [7, 11) is 0. The first-order valence-corrected chi connectivity index (χ1v) is 7.94. The highest BCUT2D eigenvalue weighted by Crippen LogP contribution is 2.29. The Morgan fingerprint density at radius 3 is 2.57 bits per heavy atom. The van der Waals surface area contributed by atoms with E-state index in [4.69, 9.17) is 0 Å². The molecule has 1 aliphatic rings. The maximum Gasteiger partial charge on any atom is 0.254 e. The highest BCUT2D eigenvalue weighted by Gasteiger charge is 2.33. The summed E-state index contributed by atoms with van der Waals surface area (Å²) < 4.78 is 26.3. The molecule has 2 amide bonds. The number of amides is 2. The topological polar surface area (TPSA) is 49.4 Å². The van der Waals surface area contributed by atoms with Gasteiger partial charge in [-0.3, -0.25) is 9.59 Å². The summed E-state index contributed by atoms with van der Waals surface area (Å²) in [4.78, 5) is 25.9. The van der Waals surface area contributed by atoms with E-state index in [2.05, 4.69) is 5.32 Å². The predicted octanol–water partition coefficient (Wildman–Crippen LogP) is 2.87. The van der Waals surface area contributed by atoms with Gasteiger partial charge in [0.1, 0.15) is 11.6 Å². The Morgan fingerprint density at radius 2 is 2.00 bits per heavy atom. The van der Waals surface area contributed by atoms with E-state index in [1.807, 2.05) is 18.7 Å². The molecule has 0 saturated heterocycles. The number of carbonyl (C=O) groups is 2. The zero-order valence-corrected chi connectivity index (χ0v) is 13.4. The van der Waals surface area contributed by atoms with Crippen LogP contribution >= 0.6 is 0 Å². The number of hydrogen-bond acceptors (Lipinski definition) is 2. The Balaban J connectivity index is 1.76. The van der Waals surface area contributed by atoms with Gasteiger partial charge in [-0.2, -0.15) is 0 Å². The third-order valence-electron chi connectivity index (χ3n) is 3.81. The van der Waals surface area contributed by atoms with Crippen LogP contribution < -0.4 is 5.32 Å². The van der Waals surface area contributed by atoms with Gasteiger partial charge in [-0.15, -0.1) is 0 Å². The van der Waals surface area contributed by atoms with E-state index in [1.54, 1.807) is 0 Å². The lowest BCUT2D eigenvalue weighted by Crippen LogP contribution is -2.39. The minimum atomic E-state index is -0.890. The first-order chi connectivity index (χ1) is 10.9. The number of nitrogens with zero attached hydrogens (tertiary/aromatic N) is 1. The minimum absolute atomic E-state index is 0.0877. The molecule has 126 valence electrons. The number of hydrogen-bond donors (Lipinski definition) is 1. The van der Waals surface area contributed by atoms with Crippen LogP contribution in [0.3, 0.4) is 0 Å². The van der Waals surface area contributed by atoms with Gasteiger partial charge < -0.3 is 10.2 Å². The van der Waals surface area contributed by atoms with Crippen molar-refractivity contribution in [3.63, 3.8) is 0 Å². The summed E-state index contributed by atoms with van der Waals surface area (Å²) in [5, 5.41) is 2.56. The monoisotopic (exact) mass is 324 g/mol. The summed E-state index contributed by atoms with van der Waals surface area (Å²) in [6.07, 6.45) is 2.96. The van der Waals surface area contributed by atoms with E-state index in [-0.39, 0.29) is 24.1 Å². The molecule has 2 rings (SSSR count). The van der Waals surface area contributed by atoms with Gasteiger partial charge in [-0.1, -0.05) is 0 Å². The molecule has 1 aliphatic carbocycles. The van der Waals surface area contributed by atoms with Crippen molar-refractivity contribution in [2.24, 2.45) is 0 Å². The Hall–Kier alpha value is -1.98. The highest BCUT2D eigenvalue weighted by molar-refractivity contribution is 5.94. The molecule has 1 saturated carbocycles. The maximum absolute atomic E-state index is 13.5. The molecule has 23 heavy (non-hydrogen) atoms. The summed E-state index contributed by atoms with van der Waals surface area (Å²) in [6, 6.07) is 3.37. The molecule has 0 aromatic heterocycles. The first-order valence-electron chi connectivity index (χ1n) is 7.94. The Bertz CT molecular complexity index is 584. The molecule has 0 spiro atoms. The number of nitrogens with one attached hydrogen (secondary N) is 1. The summed E-state index contributed by atoms with van der Waals surface area (Å²) in [5.41, 5.74) is -0.195. The van der Waals surface area contributed by atoms with Crippen molar-refractivity contribution in [1.29, 1.82) is 0 Å². The zero-order valence-electron chi connectivity index (χ0n) is 13.4. The van der Waals surface area contributed by atoms with Gasteiger partial charge in [0.15, 0.2) is 0 Å². The van der Waals surface area contributed by atoms with E-state index in [0.717, 1.165) is 25.0 Å². The highest BCUT2D eigenvalue weighted by atomic mass is 19.1. The fourth-order valence-corrected chi connectivity index (χ4v) is 2.61. The van der Waals surface area contributed by atoms with E-state index >= 15 is 0 Å². The average Bonchev–Trinajstić information content (AvgIpc) is 3.27. The third-order valence-corrected chi connectivity index (χ3v) is 3.81. The SMILES string of the molecule is CC(C)N(C(=O)CCCNC(=O)c1ccc(F)cc1F)C1CC1. The largest absolute Gasteiger partial charge is 0.352 e. The Labute approximate surface area is 134 Å². The van der Waals surface area contributed by atoms with Crippen LogP contribution in [0.2, 0.25) is 0 Å². The normalized spacial score (nSPS) is 14.0. The summed E-state index contributed by atoms with van der Waals surface area (Å²) >= 11 is 0. The number of carbonyl (C=O) groups excluding carboxylic acids is 2. The molecule has 4 nitrogen and oxygen atoms in total. The van der Waals surface area contributed by atoms with Crippen LogP contribution in [0.15, 0.2) is 18.2 Å². The van der Waals surface area contributed by atoms with E-state index in [1.165, 1.54) is 0 Å². The van der Waals surface area contributed by atoms with Crippen LogP contribution in [0.25, 0.3) is 0 Å². The Morgan fingerprint density at radius 1 is 1.30 bits per heavy atom. The standard InChI is InChI=1S/C17H22F2N2O2/c1-11(2)21(13-6-7-13)16(22)4-3-9-20-17(23)14-8-5-12(18)10-15(14)19/h5,8,10-11,13H,3-4,6-7,9H2,1-2H3,(H,20,23). The molecule has 0 bridgehead atoms. The lowest BCUT2D eigenvalue weighted by molar-refractivity contribution is -0.133. The van der Waals surface area contributed by atoms with Crippen molar-refractivity contribution < 1.29 is 18.4 Å². The van der Waals surface area contributed by atoms with Crippen molar-refractivity contribution >= 4 is 11.8 Å². The van der Waals surface area contributed by atoms with Crippen LogP contribution in [0, 0.1) is 11.6 Å². The van der Waals surface area contributed by atoms with Gasteiger partial charge in [0.05, 0.1) is 5.56 Å². The van der Waals surface area contributed by atoms with E-state index in [0.29, 0.717) is 24.9 Å². The molecule has 0 aliphatic heterocycles. The molecular weight excluding hydrogens is 302 g/mol. The van der Waals surface area contributed by atoms with Gasteiger partial charge >= 0.3 is 0 Å². The quantitative estimate of drug-likeness (QED) is 0.784. The van der Waals surface area contributed by atoms with Gasteiger partial charge in [0.25, 0.3) is 5.91 Å². The second-order valence-electron chi connectivity index (χ2n) is 6.11. The Kier molecular flexibility index (Phi) is 5.69. The summed E-state index contributed by atoms with van der Waals surface area (Å²) in [6.45, 7) is 4.27. The van der Waals surface area contributed by atoms with Crippen LogP contribution in [0.5, 0.6) is 0 Å². The smallest absolute Gasteiger partial charge is 0.254 e. The number of benzene rings is 1. The van der Waals surface area contributed by atoms with Gasteiger partial charge in [-0.25, -0.2) is 8.78 Å². The molecular formula is C17H22F2N2O2. The molecule has 6 heteroatoms. The second-order valence-corrected chi connectivity index (χ2v) is 6.11. The van der Waals surface area contributed by atoms with Gasteiger partial charge in [0.2, 0.25) is 5.91 Å². The van der Waals surface area contributed by atoms with Crippen LogP contribution in [0.1, 0.15) is 49.9 Å². The number of rotatable bonds is 7. The van der Waals surface area contributed by atoms with Crippen LogP contribution in [-0.4, -0.2) is 35.3 Å². The van der Waals surface area contributed by atoms with Crippen molar-refractivity contribution in [3.8, 4) is 0 Å². The van der Waals surface area contributed by atoms with Gasteiger partial charge in [-0.05, 0) is 45.2 Å². The lowest BCUT2D eigenvalue weighted by Gasteiger charge is -2.26. The van der Waals surface area contributed by atoms with E-state index < -0.39 is 17.5 Å². The molecule has 1 aromatic carbocycles. The zero-order chi connectivity index (χ0) is 17.0. The summed E-state index contributed by atoms with van der Waals surface area (Å²) in [5.74, 6) is -2.13. The molecule has 0 heterocycles. The van der Waals surface area contributed by atoms with E-state index in [9.17, 15) is 18.4 Å². The van der Waals surface area contributed by atoms with Crippen molar-refractivity contribution in [2.45, 2.75) is 51.6 Å². The molecule has 0 radical (unpaired) electrons. The molecule has 0 unspecified atom stereocenters. The second kappa shape index (κ2) is 7.53. The number of halogens is 2. The van der Waals surface area contributed by atoms with Crippen LogP contribution in [0.4, 0.5) is 8.78 Å². The third kappa shape index (κ3) is 4.74. The molecule has 0 atom stereocenters.